The molecule has 0 radical (unpaired) electrons. The van der Waals surface area contributed by atoms with Gasteiger partial charge in [0.25, 0.3) is 0 Å². The van der Waals surface area contributed by atoms with E-state index in [1.165, 1.54) is 0 Å². The Kier molecular flexibility index (Phi) is 4.54. The van der Waals surface area contributed by atoms with Crippen LogP contribution in [0.5, 0.6) is 5.75 Å². The fourth-order valence-electron chi connectivity index (χ4n) is 1.09. The Morgan fingerprint density at radius 3 is 2.93 bits per heavy atom. The predicted octanol–water partition coefficient (Wildman–Crippen LogP) is 3.00. The lowest BCUT2D eigenvalue weighted by atomic mass is 10.2. The van der Waals surface area contributed by atoms with Crippen LogP contribution < -0.4 is 4.74 Å². The summed E-state index contributed by atoms with van der Waals surface area (Å²) >= 11 is 5.83. The van der Waals surface area contributed by atoms with E-state index >= 15 is 0 Å². The molecule has 1 rings (SSSR count). The highest BCUT2D eigenvalue weighted by Crippen LogP contribution is 2.25. The number of hydrogen-bond donors (Lipinski definition) is 0. The van der Waals surface area contributed by atoms with Gasteiger partial charge in [-0.05, 0) is 18.6 Å². The molecule has 0 amide bonds. The van der Waals surface area contributed by atoms with E-state index in [9.17, 15) is 0 Å². The lowest BCUT2D eigenvalue weighted by molar-refractivity contribution is 0.312. The highest BCUT2D eigenvalue weighted by molar-refractivity contribution is 6.31. The van der Waals surface area contributed by atoms with Crippen LogP contribution in [-0.4, -0.2) is 6.61 Å². The van der Waals surface area contributed by atoms with Crippen LogP contribution in [0.1, 0.15) is 18.4 Å². The summed E-state index contributed by atoms with van der Waals surface area (Å²) in [6, 6.07) is 7.14. The number of benzene rings is 1. The Balaban J connectivity index is 2.66. The van der Waals surface area contributed by atoms with Crippen molar-refractivity contribution in [2.24, 2.45) is 0 Å². The zero-order valence-electron chi connectivity index (χ0n) is 8.16. The minimum absolute atomic E-state index is 0.375. The molecule has 76 valence electrons. The first kappa shape index (κ1) is 11.4. The second-order valence-electron chi connectivity index (χ2n) is 2.88. The van der Waals surface area contributed by atoms with E-state index in [2.05, 4.69) is 5.92 Å². The predicted molar refractivity (Wildman–Crippen MR) is 59.7 cm³/mol. The van der Waals surface area contributed by atoms with Crippen molar-refractivity contribution >= 4 is 11.6 Å². The standard InChI is InChI=1S/C12H10ClNO/c1-2-3-4-8-15-12-7-5-6-11(13)10(12)9-14/h1,5-7H,3-4,8H2. The molecule has 0 N–H and O–H groups in total. The van der Waals surface area contributed by atoms with Gasteiger partial charge in [-0.3, -0.25) is 0 Å². The van der Waals surface area contributed by atoms with Crippen molar-refractivity contribution in [1.82, 2.24) is 0 Å². The largest absolute Gasteiger partial charge is 0.492 e. The van der Waals surface area contributed by atoms with E-state index in [0.717, 1.165) is 6.42 Å². The van der Waals surface area contributed by atoms with Gasteiger partial charge >= 0.3 is 0 Å². The summed E-state index contributed by atoms with van der Waals surface area (Å²) in [4.78, 5) is 0. The first-order chi connectivity index (χ1) is 7.29. The topological polar surface area (TPSA) is 33.0 Å². The van der Waals surface area contributed by atoms with E-state index in [-0.39, 0.29) is 0 Å². The van der Waals surface area contributed by atoms with Gasteiger partial charge in [0.2, 0.25) is 0 Å². The smallest absolute Gasteiger partial charge is 0.138 e. The van der Waals surface area contributed by atoms with Gasteiger partial charge in [-0.15, -0.1) is 12.3 Å². The molecular formula is C12H10ClNO. The summed E-state index contributed by atoms with van der Waals surface area (Å²) in [6.45, 7) is 0.499. The monoisotopic (exact) mass is 219 g/mol. The number of ether oxygens (including phenoxy) is 1. The lowest BCUT2D eigenvalue weighted by Gasteiger charge is -2.07. The Labute approximate surface area is 94.4 Å². The molecule has 0 aliphatic rings. The van der Waals surface area contributed by atoms with Crippen molar-refractivity contribution < 1.29 is 4.74 Å². The molecular weight excluding hydrogens is 210 g/mol. The van der Waals surface area contributed by atoms with Crippen LogP contribution in [0.2, 0.25) is 5.02 Å². The molecule has 1 aromatic carbocycles. The molecule has 0 bridgehead atoms. The maximum Gasteiger partial charge on any atom is 0.138 e. The van der Waals surface area contributed by atoms with E-state index < -0.39 is 0 Å². The third-order valence-corrected chi connectivity index (χ3v) is 2.13. The van der Waals surface area contributed by atoms with Crippen molar-refractivity contribution in [1.29, 1.82) is 5.26 Å². The number of halogens is 1. The van der Waals surface area contributed by atoms with Gasteiger partial charge in [0.15, 0.2) is 0 Å². The lowest BCUT2D eigenvalue weighted by Crippen LogP contribution is -1.98. The Hall–Kier alpha value is -1.64. The number of nitriles is 1. The molecule has 1 aromatic rings. The first-order valence-electron chi connectivity index (χ1n) is 4.54. The summed E-state index contributed by atoms with van der Waals surface area (Å²) in [5.41, 5.74) is 0.375. The van der Waals surface area contributed by atoms with Gasteiger partial charge in [0, 0.05) is 6.42 Å². The maximum atomic E-state index is 8.86. The maximum absolute atomic E-state index is 8.86. The van der Waals surface area contributed by atoms with Crippen LogP contribution in [-0.2, 0) is 0 Å². The number of unbranched alkanes of at least 4 members (excludes halogenated alkanes) is 1. The molecule has 0 unspecified atom stereocenters. The highest BCUT2D eigenvalue weighted by atomic mass is 35.5. The van der Waals surface area contributed by atoms with Crippen LogP contribution in [0.4, 0.5) is 0 Å². The molecule has 0 spiro atoms. The van der Waals surface area contributed by atoms with E-state index in [1.54, 1.807) is 18.2 Å². The Morgan fingerprint density at radius 2 is 2.27 bits per heavy atom. The molecule has 15 heavy (non-hydrogen) atoms. The van der Waals surface area contributed by atoms with E-state index in [1.807, 2.05) is 6.07 Å². The summed E-state index contributed by atoms with van der Waals surface area (Å²) in [7, 11) is 0. The van der Waals surface area contributed by atoms with Crippen LogP contribution >= 0.6 is 11.6 Å². The van der Waals surface area contributed by atoms with Crippen LogP contribution in [0.15, 0.2) is 18.2 Å². The summed E-state index contributed by atoms with van der Waals surface area (Å²) in [5.74, 6) is 3.04. The number of nitrogens with zero attached hydrogens (tertiary/aromatic N) is 1. The van der Waals surface area contributed by atoms with Gasteiger partial charge in [-0.1, -0.05) is 17.7 Å². The van der Waals surface area contributed by atoms with Crippen molar-refractivity contribution in [3.63, 3.8) is 0 Å². The Morgan fingerprint density at radius 1 is 1.47 bits per heavy atom. The molecule has 0 aliphatic heterocycles. The van der Waals surface area contributed by atoms with Crippen LogP contribution in [0.25, 0.3) is 0 Å². The van der Waals surface area contributed by atoms with Gasteiger partial charge in [0.05, 0.1) is 11.6 Å². The van der Waals surface area contributed by atoms with Crippen LogP contribution in [0, 0.1) is 23.7 Å². The second kappa shape index (κ2) is 5.96. The fraction of sp³-hybridized carbons (Fsp3) is 0.250. The second-order valence-corrected chi connectivity index (χ2v) is 3.29. The van der Waals surface area contributed by atoms with Gasteiger partial charge in [-0.2, -0.15) is 5.26 Å². The number of terminal acetylenes is 1. The molecule has 2 nitrogen and oxygen atoms in total. The van der Waals surface area contributed by atoms with Crippen molar-refractivity contribution in [3.8, 4) is 24.2 Å². The fourth-order valence-corrected chi connectivity index (χ4v) is 1.30. The van der Waals surface area contributed by atoms with Crippen LogP contribution in [0.3, 0.4) is 0 Å². The molecule has 0 saturated carbocycles. The normalized spacial score (nSPS) is 9.00. The molecule has 0 aromatic heterocycles. The van der Waals surface area contributed by atoms with Crippen molar-refractivity contribution in [3.05, 3.63) is 28.8 Å². The third-order valence-electron chi connectivity index (χ3n) is 1.81. The van der Waals surface area contributed by atoms with Gasteiger partial charge < -0.3 is 4.74 Å². The number of hydrogen-bond acceptors (Lipinski definition) is 2. The third kappa shape index (κ3) is 3.20. The molecule has 3 heteroatoms. The van der Waals surface area contributed by atoms with Crippen molar-refractivity contribution in [2.75, 3.05) is 6.61 Å². The van der Waals surface area contributed by atoms with Gasteiger partial charge in [-0.25, -0.2) is 0 Å². The first-order valence-corrected chi connectivity index (χ1v) is 4.92. The Bertz CT molecular complexity index is 415. The molecule has 0 fully saturated rings. The average Bonchev–Trinajstić information content (AvgIpc) is 2.24. The summed E-state index contributed by atoms with van der Waals surface area (Å²) in [5, 5.41) is 9.26. The van der Waals surface area contributed by atoms with E-state index in [4.69, 9.17) is 28.0 Å². The summed E-state index contributed by atoms with van der Waals surface area (Å²) < 4.78 is 5.41. The minimum atomic E-state index is 0.375. The minimum Gasteiger partial charge on any atom is -0.492 e. The summed E-state index contributed by atoms with van der Waals surface area (Å²) in [6.07, 6.45) is 6.55. The molecule has 0 aliphatic carbocycles. The zero-order valence-corrected chi connectivity index (χ0v) is 8.92. The SMILES string of the molecule is C#CCCCOc1cccc(Cl)c1C#N. The molecule has 0 heterocycles. The highest BCUT2D eigenvalue weighted by Gasteiger charge is 2.06. The van der Waals surface area contributed by atoms with Crippen molar-refractivity contribution in [2.45, 2.75) is 12.8 Å². The van der Waals surface area contributed by atoms with Gasteiger partial charge in [0.1, 0.15) is 17.4 Å². The quantitative estimate of drug-likeness (QED) is 0.576. The molecule has 0 saturated heterocycles. The van der Waals surface area contributed by atoms with E-state index in [0.29, 0.717) is 29.4 Å². The zero-order chi connectivity index (χ0) is 11.1. The number of rotatable bonds is 4. The molecule has 0 atom stereocenters. The average molecular weight is 220 g/mol.